The molecule has 2 aromatic carbocycles. The third kappa shape index (κ3) is 4.26. The zero-order valence-corrected chi connectivity index (χ0v) is 15.9. The largest absolute Gasteiger partial charge is 0.376 e. The van der Waals surface area contributed by atoms with Gasteiger partial charge in [-0.15, -0.1) is 11.3 Å². The molecule has 1 aliphatic heterocycles. The minimum Gasteiger partial charge on any atom is -0.376 e. The molecule has 1 unspecified atom stereocenters. The van der Waals surface area contributed by atoms with Crippen LogP contribution in [0.4, 0.5) is 8.78 Å². The highest BCUT2D eigenvalue weighted by Gasteiger charge is 2.15. The third-order valence-corrected chi connectivity index (χ3v) is 5.35. The lowest BCUT2D eigenvalue weighted by Crippen LogP contribution is -2.17. The lowest BCUT2D eigenvalue weighted by molar-refractivity contribution is 0.117. The van der Waals surface area contributed by atoms with Gasteiger partial charge in [-0.3, -0.25) is 4.99 Å². The average Bonchev–Trinajstić information content (AvgIpc) is 3.36. The van der Waals surface area contributed by atoms with E-state index in [0.717, 1.165) is 30.7 Å². The molecule has 3 aromatic rings. The lowest BCUT2D eigenvalue weighted by Gasteiger charge is -2.06. The SMILES string of the molecule is Fc1ccc(-c2csc(=NCC3CCCO3)n2/N=C/c2ccccc2F)cc1. The van der Waals surface area contributed by atoms with Crippen molar-refractivity contribution in [2.24, 2.45) is 10.1 Å². The van der Waals surface area contributed by atoms with E-state index in [1.165, 1.54) is 35.8 Å². The Morgan fingerprint density at radius 1 is 1.14 bits per heavy atom. The first kappa shape index (κ1) is 18.7. The normalized spacial score (nSPS) is 17.6. The van der Waals surface area contributed by atoms with E-state index < -0.39 is 0 Å². The molecule has 0 amide bonds. The summed E-state index contributed by atoms with van der Waals surface area (Å²) in [5, 5.41) is 6.39. The van der Waals surface area contributed by atoms with Crippen molar-refractivity contribution in [3.05, 3.63) is 75.9 Å². The van der Waals surface area contributed by atoms with E-state index in [2.05, 4.69) is 10.1 Å². The zero-order chi connectivity index (χ0) is 19.3. The van der Waals surface area contributed by atoms with Crippen molar-refractivity contribution in [2.45, 2.75) is 18.9 Å². The molecule has 1 aromatic heterocycles. The number of thiazole rings is 1. The Morgan fingerprint density at radius 3 is 2.71 bits per heavy atom. The van der Waals surface area contributed by atoms with Gasteiger partial charge in [0.25, 0.3) is 0 Å². The molecule has 2 heterocycles. The smallest absolute Gasteiger partial charge is 0.206 e. The molecule has 28 heavy (non-hydrogen) atoms. The summed E-state index contributed by atoms with van der Waals surface area (Å²) >= 11 is 1.44. The van der Waals surface area contributed by atoms with E-state index in [-0.39, 0.29) is 17.7 Å². The second-order valence-electron chi connectivity index (χ2n) is 6.46. The molecule has 144 valence electrons. The number of nitrogens with zero attached hydrogens (tertiary/aromatic N) is 3. The monoisotopic (exact) mass is 399 g/mol. The Morgan fingerprint density at radius 2 is 1.96 bits per heavy atom. The van der Waals surface area contributed by atoms with Crippen LogP contribution in [0.15, 0.2) is 64.0 Å². The first-order valence-electron chi connectivity index (χ1n) is 9.08. The van der Waals surface area contributed by atoms with Crippen molar-refractivity contribution in [3.63, 3.8) is 0 Å². The molecule has 0 N–H and O–H groups in total. The molecular formula is C21H19F2N3OS. The fraction of sp³-hybridized carbons (Fsp3) is 0.238. The molecule has 1 fully saturated rings. The topological polar surface area (TPSA) is 38.9 Å². The van der Waals surface area contributed by atoms with Gasteiger partial charge >= 0.3 is 0 Å². The highest BCUT2D eigenvalue weighted by Crippen LogP contribution is 2.21. The summed E-state index contributed by atoms with van der Waals surface area (Å²) in [6.45, 7) is 1.33. The van der Waals surface area contributed by atoms with Crippen LogP contribution in [0.1, 0.15) is 18.4 Å². The van der Waals surface area contributed by atoms with Gasteiger partial charge in [-0.05, 0) is 43.2 Å². The van der Waals surface area contributed by atoms with Crippen LogP contribution in [0.3, 0.4) is 0 Å². The maximum atomic E-state index is 14.0. The number of hydrogen-bond donors (Lipinski definition) is 0. The summed E-state index contributed by atoms with van der Waals surface area (Å²) in [6, 6.07) is 12.6. The zero-order valence-electron chi connectivity index (χ0n) is 15.1. The van der Waals surface area contributed by atoms with Gasteiger partial charge in [0, 0.05) is 23.1 Å². The Kier molecular flexibility index (Phi) is 5.73. The summed E-state index contributed by atoms with van der Waals surface area (Å²) in [5.74, 6) is -0.646. The van der Waals surface area contributed by atoms with Crippen molar-refractivity contribution in [1.82, 2.24) is 4.68 Å². The molecule has 0 saturated carbocycles. The molecule has 0 aliphatic carbocycles. The Balaban J connectivity index is 1.73. The molecular weight excluding hydrogens is 380 g/mol. The first-order valence-corrected chi connectivity index (χ1v) is 9.96. The minimum atomic E-state index is -0.344. The van der Waals surface area contributed by atoms with Gasteiger partial charge in [-0.1, -0.05) is 18.2 Å². The van der Waals surface area contributed by atoms with Gasteiger partial charge < -0.3 is 4.74 Å². The number of benzene rings is 2. The second kappa shape index (κ2) is 8.58. The molecule has 1 atom stereocenters. The molecule has 4 nitrogen and oxygen atoms in total. The van der Waals surface area contributed by atoms with Crippen LogP contribution in [0, 0.1) is 11.6 Å². The third-order valence-electron chi connectivity index (χ3n) is 4.50. The van der Waals surface area contributed by atoms with Crippen molar-refractivity contribution < 1.29 is 13.5 Å². The summed E-state index contributed by atoms with van der Waals surface area (Å²) in [7, 11) is 0. The van der Waals surface area contributed by atoms with Crippen LogP contribution in [0.5, 0.6) is 0 Å². The molecule has 4 rings (SSSR count). The Hall–Kier alpha value is -2.64. The van der Waals surface area contributed by atoms with Crippen LogP contribution in [-0.4, -0.2) is 30.1 Å². The van der Waals surface area contributed by atoms with Gasteiger partial charge in [-0.25, -0.2) is 13.5 Å². The standard InChI is InChI=1S/C21H19F2N3OS/c22-17-9-7-15(8-10-17)20-14-28-21(24-13-18-5-3-11-27-18)26(20)25-12-16-4-1-2-6-19(16)23/h1-2,4,6-10,12,14,18H,3,5,11,13H2/b24-21?,25-12+. The molecule has 1 aliphatic rings. The maximum absolute atomic E-state index is 14.0. The number of rotatable bonds is 5. The van der Waals surface area contributed by atoms with Crippen LogP contribution in [0.2, 0.25) is 0 Å². The van der Waals surface area contributed by atoms with Gasteiger partial charge in [0.1, 0.15) is 11.6 Å². The van der Waals surface area contributed by atoms with Crippen LogP contribution < -0.4 is 4.80 Å². The Labute approximate surface area is 165 Å². The molecule has 1 saturated heterocycles. The van der Waals surface area contributed by atoms with Crippen molar-refractivity contribution in [1.29, 1.82) is 0 Å². The van der Waals surface area contributed by atoms with Crippen LogP contribution in [0.25, 0.3) is 11.3 Å². The number of aromatic nitrogens is 1. The number of halogens is 2. The van der Waals surface area contributed by atoms with Gasteiger partial charge in [0.15, 0.2) is 0 Å². The van der Waals surface area contributed by atoms with Gasteiger partial charge in [0.2, 0.25) is 4.80 Å². The predicted molar refractivity (Wildman–Crippen MR) is 106 cm³/mol. The quantitative estimate of drug-likeness (QED) is 0.584. The molecule has 0 spiro atoms. The van der Waals surface area contributed by atoms with E-state index in [4.69, 9.17) is 4.74 Å². The summed E-state index contributed by atoms with van der Waals surface area (Å²) in [5.41, 5.74) is 1.96. The summed E-state index contributed by atoms with van der Waals surface area (Å²) in [6.07, 6.45) is 3.65. The Bertz CT molecular complexity index is 1030. The van der Waals surface area contributed by atoms with Crippen molar-refractivity contribution in [2.75, 3.05) is 13.2 Å². The predicted octanol–water partition coefficient (Wildman–Crippen LogP) is 4.46. The van der Waals surface area contributed by atoms with Crippen LogP contribution in [-0.2, 0) is 4.74 Å². The lowest BCUT2D eigenvalue weighted by atomic mass is 10.2. The van der Waals surface area contributed by atoms with Crippen LogP contribution >= 0.6 is 11.3 Å². The summed E-state index contributed by atoms with van der Waals surface area (Å²) < 4.78 is 34.6. The number of hydrogen-bond acceptors (Lipinski definition) is 4. The van der Waals surface area contributed by atoms with E-state index in [1.54, 1.807) is 35.0 Å². The first-order chi connectivity index (χ1) is 13.7. The van der Waals surface area contributed by atoms with E-state index in [0.29, 0.717) is 16.9 Å². The molecule has 0 bridgehead atoms. The fourth-order valence-electron chi connectivity index (χ4n) is 3.01. The minimum absolute atomic E-state index is 0.125. The highest BCUT2D eigenvalue weighted by atomic mass is 32.1. The second-order valence-corrected chi connectivity index (χ2v) is 7.30. The highest BCUT2D eigenvalue weighted by molar-refractivity contribution is 7.07. The van der Waals surface area contributed by atoms with Gasteiger partial charge in [0.05, 0.1) is 24.6 Å². The molecule has 7 heteroatoms. The van der Waals surface area contributed by atoms with E-state index in [9.17, 15) is 8.78 Å². The fourth-order valence-corrected chi connectivity index (χ4v) is 3.85. The van der Waals surface area contributed by atoms with Crippen molar-refractivity contribution >= 4 is 17.6 Å². The molecule has 0 radical (unpaired) electrons. The van der Waals surface area contributed by atoms with Gasteiger partial charge in [-0.2, -0.15) is 5.10 Å². The van der Waals surface area contributed by atoms with E-state index >= 15 is 0 Å². The maximum Gasteiger partial charge on any atom is 0.206 e. The number of ether oxygens (including phenoxy) is 1. The van der Waals surface area contributed by atoms with E-state index in [1.807, 2.05) is 5.38 Å². The average molecular weight is 399 g/mol. The summed E-state index contributed by atoms with van der Waals surface area (Å²) in [4.78, 5) is 5.34. The van der Waals surface area contributed by atoms with Crippen molar-refractivity contribution in [3.8, 4) is 11.3 Å².